The molecule has 1 fully saturated rings. The van der Waals surface area contributed by atoms with E-state index in [2.05, 4.69) is 0 Å². The Morgan fingerprint density at radius 2 is 2.14 bits per heavy atom. The van der Waals surface area contributed by atoms with Gasteiger partial charge < -0.3 is 19.6 Å². The third-order valence-electron chi connectivity index (χ3n) is 3.06. The van der Waals surface area contributed by atoms with Crippen LogP contribution in [0.4, 0.5) is 4.39 Å². The Bertz CT molecular complexity index is 778. The number of aromatic nitrogens is 2. The Balaban J connectivity index is 2.43. The van der Waals surface area contributed by atoms with E-state index in [4.69, 9.17) is 19.8 Å². The lowest BCUT2D eigenvalue weighted by Crippen LogP contribution is -2.37. The molecule has 22 heavy (non-hydrogen) atoms. The van der Waals surface area contributed by atoms with Gasteiger partial charge in [0.1, 0.15) is 24.0 Å². The van der Waals surface area contributed by atoms with Gasteiger partial charge in [0.25, 0.3) is 5.56 Å². The molecule has 1 saturated heterocycles. The van der Waals surface area contributed by atoms with Crippen molar-refractivity contribution < 1.29 is 28.6 Å². The van der Waals surface area contributed by atoms with Crippen molar-refractivity contribution in [3.8, 4) is 6.07 Å². The van der Waals surface area contributed by atoms with E-state index >= 15 is 0 Å². The Morgan fingerprint density at radius 3 is 2.68 bits per heavy atom. The van der Waals surface area contributed by atoms with Crippen LogP contribution in [-0.2, 0) is 9.30 Å². The summed E-state index contributed by atoms with van der Waals surface area (Å²) in [5.74, 6) is 0. The minimum Gasteiger partial charge on any atom is -0.387 e. The maximum absolute atomic E-state index is 14.1. The highest BCUT2D eigenvalue weighted by Gasteiger charge is 2.48. The second-order valence-electron chi connectivity index (χ2n) is 4.65. The fourth-order valence-corrected chi connectivity index (χ4v) is 2.91. The first-order valence-electron chi connectivity index (χ1n) is 5.92. The Hall–Kier alpha value is -1.83. The number of hydrogen-bond acceptors (Lipinski definition) is 6. The molecule has 2 rings (SSSR count). The molecule has 0 radical (unpaired) electrons. The van der Waals surface area contributed by atoms with E-state index in [0.717, 1.165) is 6.07 Å². The summed E-state index contributed by atoms with van der Waals surface area (Å²) in [4.78, 5) is 42.4. The lowest BCUT2D eigenvalue weighted by Gasteiger charge is -2.17. The van der Waals surface area contributed by atoms with Crippen LogP contribution in [0.1, 0.15) is 11.9 Å². The van der Waals surface area contributed by atoms with E-state index in [1.165, 1.54) is 6.07 Å². The number of aromatic amines is 1. The van der Waals surface area contributed by atoms with E-state index in [9.17, 15) is 23.7 Å². The minimum atomic E-state index is -4.60. The number of aliphatic hydroxyl groups excluding tert-OH is 1. The van der Waals surface area contributed by atoms with Crippen LogP contribution in [0, 0.1) is 11.3 Å². The highest BCUT2D eigenvalue weighted by Crippen LogP contribution is 2.41. The predicted octanol–water partition coefficient (Wildman–Crippen LogP) is -1.82. The van der Waals surface area contributed by atoms with Gasteiger partial charge in [-0.1, -0.05) is 0 Å². The summed E-state index contributed by atoms with van der Waals surface area (Å²) in [6.45, 7) is 0. The molecule has 1 aliphatic rings. The molecule has 0 unspecified atom stereocenters. The van der Waals surface area contributed by atoms with Gasteiger partial charge in [-0.2, -0.15) is 5.26 Å². The number of hydrogen-bond donors (Lipinski definition) is 4. The molecule has 0 aliphatic carbocycles. The van der Waals surface area contributed by atoms with Gasteiger partial charge in [0.2, 0.25) is 0 Å². The van der Waals surface area contributed by atoms with Gasteiger partial charge in [0.05, 0.1) is 6.16 Å². The van der Waals surface area contributed by atoms with Crippen LogP contribution in [0.25, 0.3) is 0 Å². The zero-order valence-corrected chi connectivity index (χ0v) is 11.7. The van der Waals surface area contributed by atoms with Crippen molar-refractivity contribution in [1.82, 2.24) is 9.55 Å². The second kappa shape index (κ2) is 5.75. The molecule has 4 N–H and O–H groups in total. The minimum absolute atomic E-state index is 0.481. The summed E-state index contributed by atoms with van der Waals surface area (Å²) in [6.07, 6.45) is -8.42. The summed E-state index contributed by atoms with van der Waals surface area (Å²) >= 11 is 0. The molecular weight excluding hydrogens is 324 g/mol. The first-order chi connectivity index (χ1) is 10.1. The molecule has 1 aromatic heterocycles. The van der Waals surface area contributed by atoms with Gasteiger partial charge in [-0.25, -0.2) is 9.18 Å². The van der Waals surface area contributed by atoms with Crippen molar-refractivity contribution in [3.63, 3.8) is 0 Å². The third kappa shape index (κ3) is 3.16. The number of nitriles is 1. The van der Waals surface area contributed by atoms with Gasteiger partial charge in [-0.05, 0) is 0 Å². The largest absolute Gasteiger partial charge is 0.387 e. The number of alkyl halides is 1. The van der Waals surface area contributed by atoms with Gasteiger partial charge in [-0.15, -0.1) is 0 Å². The quantitative estimate of drug-likeness (QED) is 0.469. The van der Waals surface area contributed by atoms with Crippen molar-refractivity contribution >= 4 is 7.60 Å². The maximum Gasteiger partial charge on any atom is 0.331 e. The Kier molecular flexibility index (Phi) is 4.32. The zero-order chi connectivity index (χ0) is 16.7. The molecule has 0 aromatic carbocycles. The lowest BCUT2D eigenvalue weighted by atomic mass is 10.1. The molecule has 10 nitrogen and oxygen atoms in total. The van der Waals surface area contributed by atoms with Crippen LogP contribution in [0.5, 0.6) is 0 Å². The zero-order valence-electron chi connectivity index (χ0n) is 10.8. The number of halogens is 1. The van der Waals surface area contributed by atoms with Gasteiger partial charge >= 0.3 is 13.3 Å². The van der Waals surface area contributed by atoms with Crippen LogP contribution in [-0.4, -0.2) is 49.0 Å². The fourth-order valence-electron chi connectivity index (χ4n) is 2.14. The number of aliphatic hydroxyl groups is 1. The summed E-state index contributed by atoms with van der Waals surface area (Å²) in [6, 6.07) is 2.25. The van der Waals surface area contributed by atoms with Crippen molar-refractivity contribution in [2.75, 3.05) is 6.16 Å². The van der Waals surface area contributed by atoms with Gasteiger partial charge in [-0.3, -0.25) is 18.9 Å². The summed E-state index contributed by atoms with van der Waals surface area (Å²) in [5, 5.41) is 18.6. The highest BCUT2D eigenvalue weighted by molar-refractivity contribution is 7.51. The van der Waals surface area contributed by atoms with Crippen molar-refractivity contribution in [2.24, 2.45) is 0 Å². The predicted molar refractivity (Wildman–Crippen MR) is 67.8 cm³/mol. The molecule has 1 aromatic rings. The van der Waals surface area contributed by atoms with E-state index < -0.39 is 55.3 Å². The van der Waals surface area contributed by atoms with Crippen LogP contribution in [0.3, 0.4) is 0 Å². The molecule has 2 heterocycles. The topological polar surface area (TPSA) is 166 Å². The average Bonchev–Trinajstić information content (AvgIpc) is 2.64. The Morgan fingerprint density at radius 1 is 1.50 bits per heavy atom. The van der Waals surface area contributed by atoms with Crippen molar-refractivity contribution in [1.29, 1.82) is 5.26 Å². The summed E-state index contributed by atoms with van der Waals surface area (Å²) in [7, 11) is -4.60. The lowest BCUT2D eigenvalue weighted by molar-refractivity contribution is -0.0191. The molecule has 0 spiro atoms. The summed E-state index contributed by atoms with van der Waals surface area (Å²) < 4.78 is 30.5. The summed E-state index contributed by atoms with van der Waals surface area (Å²) in [5.41, 5.74) is -2.52. The van der Waals surface area contributed by atoms with Crippen LogP contribution >= 0.6 is 7.60 Å². The number of nitrogens with zero attached hydrogens (tertiary/aromatic N) is 2. The molecule has 1 aliphatic heterocycles. The normalized spacial score (nSPS) is 28.5. The standard InChI is InChI=1S/C10H11FN3O7P/c11-7-8(16)5(3-22(18,19)20)21-9(7)14-4(2-12)1-6(15)13-10(14)17/h1,5,7-9,16H,3H2,(H,13,15,17)(H2,18,19,20)/t5-,7-,8-,9-/m1/s1. The second-order valence-corrected chi connectivity index (χ2v) is 6.35. The number of rotatable bonds is 3. The van der Waals surface area contributed by atoms with Crippen molar-refractivity contribution in [3.05, 3.63) is 32.6 Å². The molecule has 4 atom stereocenters. The van der Waals surface area contributed by atoms with E-state index in [-0.39, 0.29) is 0 Å². The van der Waals surface area contributed by atoms with Crippen LogP contribution in [0.2, 0.25) is 0 Å². The highest BCUT2D eigenvalue weighted by atomic mass is 31.2. The van der Waals surface area contributed by atoms with Crippen LogP contribution in [0.15, 0.2) is 15.7 Å². The van der Waals surface area contributed by atoms with Crippen LogP contribution < -0.4 is 11.2 Å². The maximum atomic E-state index is 14.1. The molecular formula is C10H11FN3O7P. The van der Waals surface area contributed by atoms with E-state index in [1.54, 1.807) is 0 Å². The van der Waals surface area contributed by atoms with Gasteiger partial charge in [0.15, 0.2) is 12.4 Å². The molecule has 0 bridgehead atoms. The monoisotopic (exact) mass is 335 g/mol. The average molecular weight is 335 g/mol. The third-order valence-corrected chi connectivity index (χ3v) is 3.89. The van der Waals surface area contributed by atoms with Gasteiger partial charge in [0, 0.05) is 6.07 Å². The SMILES string of the molecule is N#Cc1cc(=O)[nH]c(=O)n1[C@@H]1O[C@H](CP(=O)(O)O)[C@@H](O)[C@H]1F. The molecule has 120 valence electrons. The smallest absolute Gasteiger partial charge is 0.331 e. The Labute approximate surface area is 121 Å². The first-order valence-corrected chi connectivity index (χ1v) is 7.72. The fraction of sp³-hybridized carbons (Fsp3) is 0.500. The number of H-pyrrole nitrogens is 1. The van der Waals surface area contributed by atoms with Crippen molar-refractivity contribution in [2.45, 2.75) is 24.6 Å². The molecule has 0 amide bonds. The number of nitrogens with one attached hydrogen (secondary N) is 1. The van der Waals surface area contributed by atoms with E-state index in [0.29, 0.717) is 4.57 Å². The van der Waals surface area contributed by atoms with E-state index in [1.807, 2.05) is 4.98 Å². The molecule has 0 saturated carbocycles. The number of ether oxygens (including phenoxy) is 1. The molecule has 12 heteroatoms. The first kappa shape index (κ1) is 16.5.